The lowest BCUT2D eigenvalue weighted by Gasteiger charge is -2.36. The van der Waals surface area contributed by atoms with Gasteiger partial charge < -0.3 is 20.7 Å². The molecule has 2 aromatic rings. The number of carbonyl (C=O) groups excluding carboxylic acids is 2. The number of hydrogen-bond acceptors (Lipinski definition) is 5. The van der Waals surface area contributed by atoms with E-state index in [2.05, 4.69) is 21.2 Å². The maximum absolute atomic E-state index is 12.3. The van der Waals surface area contributed by atoms with Crippen molar-refractivity contribution in [3.05, 3.63) is 54.1 Å². The van der Waals surface area contributed by atoms with Crippen molar-refractivity contribution in [2.45, 2.75) is 6.92 Å². The molecule has 0 unspecified atom stereocenters. The van der Waals surface area contributed by atoms with Crippen molar-refractivity contribution in [3.63, 3.8) is 0 Å². The van der Waals surface area contributed by atoms with E-state index in [1.54, 1.807) is 24.3 Å². The Labute approximate surface area is 165 Å². The number of rotatable bonds is 7. The van der Waals surface area contributed by atoms with Gasteiger partial charge in [-0.2, -0.15) is 0 Å². The van der Waals surface area contributed by atoms with Crippen LogP contribution in [0.4, 0.5) is 11.4 Å². The van der Waals surface area contributed by atoms with Crippen molar-refractivity contribution in [1.82, 2.24) is 4.90 Å². The lowest BCUT2D eigenvalue weighted by atomic mass is 10.2. The van der Waals surface area contributed by atoms with Crippen LogP contribution in [0.1, 0.15) is 17.3 Å². The number of amides is 2. The summed E-state index contributed by atoms with van der Waals surface area (Å²) in [4.78, 5) is 27.8. The summed E-state index contributed by atoms with van der Waals surface area (Å²) in [6, 6.07) is 14.6. The zero-order valence-electron chi connectivity index (χ0n) is 16.1. The summed E-state index contributed by atoms with van der Waals surface area (Å²) in [5.74, 6) is 0.340. The van der Waals surface area contributed by atoms with Gasteiger partial charge >= 0.3 is 0 Å². The third kappa shape index (κ3) is 5.01. The highest BCUT2D eigenvalue weighted by Crippen LogP contribution is 2.28. The lowest BCUT2D eigenvalue weighted by Crippen LogP contribution is -2.48. The van der Waals surface area contributed by atoms with Crippen molar-refractivity contribution in [2.24, 2.45) is 5.73 Å². The number of nitrogens with two attached hydrogens (primary N) is 1. The van der Waals surface area contributed by atoms with Crippen LogP contribution in [-0.2, 0) is 4.79 Å². The number of piperazine rings is 1. The minimum absolute atomic E-state index is 0.0741. The molecule has 148 valence electrons. The van der Waals surface area contributed by atoms with Crippen LogP contribution < -0.4 is 20.7 Å². The van der Waals surface area contributed by atoms with E-state index in [9.17, 15) is 9.59 Å². The molecule has 0 aromatic heterocycles. The molecule has 1 aliphatic heterocycles. The first kappa shape index (κ1) is 19.7. The van der Waals surface area contributed by atoms with Crippen LogP contribution in [0.5, 0.6) is 5.75 Å². The average molecular weight is 382 g/mol. The van der Waals surface area contributed by atoms with Gasteiger partial charge in [-0.25, -0.2) is 0 Å². The van der Waals surface area contributed by atoms with E-state index in [-0.39, 0.29) is 5.91 Å². The maximum Gasteiger partial charge on any atom is 0.248 e. The SMILES string of the molecule is CCOc1ccccc1N1CCN(CC(=O)Nc2ccc(C(N)=O)cc2)CC1. The first-order chi connectivity index (χ1) is 13.6. The summed E-state index contributed by atoms with van der Waals surface area (Å²) in [5, 5.41) is 2.86. The number of nitrogens with one attached hydrogen (secondary N) is 1. The molecule has 1 saturated heterocycles. The van der Waals surface area contributed by atoms with Crippen LogP contribution in [0.3, 0.4) is 0 Å². The molecule has 2 amide bonds. The molecule has 0 spiro atoms. The van der Waals surface area contributed by atoms with Gasteiger partial charge in [-0.05, 0) is 43.3 Å². The molecule has 7 heteroatoms. The Bertz CT molecular complexity index is 815. The summed E-state index contributed by atoms with van der Waals surface area (Å²) in [6.07, 6.45) is 0. The van der Waals surface area contributed by atoms with Crippen LogP contribution >= 0.6 is 0 Å². The largest absolute Gasteiger partial charge is 0.492 e. The molecule has 28 heavy (non-hydrogen) atoms. The molecule has 0 saturated carbocycles. The number of para-hydroxylation sites is 2. The molecule has 0 radical (unpaired) electrons. The van der Waals surface area contributed by atoms with Crippen LogP contribution in [0, 0.1) is 0 Å². The van der Waals surface area contributed by atoms with Crippen LogP contribution in [0.2, 0.25) is 0 Å². The lowest BCUT2D eigenvalue weighted by molar-refractivity contribution is -0.117. The molecule has 3 N–H and O–H groups in total. The van der Waals surface area contributed by atoms with Gasteiger partial charge in [0.25, 0.3) is 0 Å². The van der Waals surface area contributed by atoms with Crippen LogP contribution in [-0.4, -0.2) is 56.0 Å². The van der Waals surface area contributed by atoms with E-state index >= 15 is 0 Å². The van der Waals surface area contributed by atoms with E-state index in [1.165, 1.54) is 0 Å². The molecule has 1 fully saturated rings. The summed E-state index contributed by atoms with van der Waals surface area (Å²) >= 11 is 0. The summed E-state index contributed by atoms with van der Waals surface area (Å²) in [7, 11) is 0. The van der Waals surface area contributed by atoms with Gasteiger partial charge in [0.05, 0.1) is 18.8 Å². The minimum Gasteiger partial charge on any atom is -0.492 e. The molecular weight excluding hydrogens is 356 g/mol. The molecule has 2 aromatic carbocycles. The number of carbonyl (C=O) groups is 2. The molecule has 7 nitrogen and oxygen atoms in total. The number of benzene rings is 2. The average Bonchev–Trinajstić information content (AvgIpc) is 2.70. The highest BCUT2D eigenvalue weighted by molar-refractivity contribution is 5.95. The molecule has 0 atom stereocenters. The summed E-state index contributed by atoms with van der Waals surface area (Å²) < 4.78 is 5.72. The second-order valence-electron chi connectivity index (χ2n) is 6.65. The van der Waals surface area contributed by atoms with Crippen molar-refractivity contribution in [2.75, 3.05) is 49.5 Å². The van der Waals surface area contributed by atoms with E-state index in [0.717, 1.165) is 37.6 Å². The quantitative estimate of drug-likeness (QED) is 0.764. The van der Waals surface area contributed by atoms with Gasteiger partial charge in [-0.1, -0.05) is 12.1 Å². The fraction of sp³-hybridized carbons (Fsp3) is 0.333. The van der Waals surface area contributed by atoms with Crippen molar-refractivity contribution in [3.8, 4) is 5.75 Å². The van der Waals surface area contributed by atoms with E-state index < -0.39 is 5.91 Å². The third-order valence-electron chi connectivity index (χ3n) is 4.70. The van der Waals surface area contributed by atoms with Crippen LogP contribution in [0.15, 0.2) is 48.5 Å². The monoisotopic (exact) mass is 382 g/mol. The number of ether oxygens (including phenoxy) is 1. The standard InChI is InChI=1S/C21H26N4O3/c1-2-28-19-6-4-3-5-18(19)25-13-11-24(12-14-25)15-20(26)23-17-9-7-16(8-10-17)21(22)27/h3-10H,2,11-15H2,1H3,(H2,22,27)(H,23,26). The Balaban J connectivity index is 1.50. The van der Waals surface area contributed by atoms with Crippen molar-refractivity contribution in [1.29, 1.82) is 0 Å². The minimum atomic E-state index is -0.485. The number of anilines is 2. The smallest absolute Gasteiger partial charge is 0.248 e. The van der Waals surface area contributed by atoms with Crippen molar-refractivity contribution < 1.29 is 14.3 Å². The zero-order valence-corrected chi connectivity index (χ0v) is 16.1. The summed E-state index contributed by atoms with van der Waals surface area (Å²) in [6.45, 7) is 6.23. The van der Waals surface area contributed by atoms with Gasteiger partial charge in [0.2, 0.25) is 11.8 Å². The predicted octanol–water partition coefficient (Wildman–Crippen LogP) is 1.94. The summed E-state index contributed by atoms with van der Waals surface area (Å²) in [5.41, 5.74) is 7.39. The highest BCUT2D eigenvalue weighted by atomic mass is 16.5. The van der Waals surface area contributed by atoms with Crippen LogP contribution in [0.25, 0.3) is 0 Å². The first-order valence-electron chi connectivity index (χ1n) is 9.45. The van der Waals surface area contributed by atoms with E-state index in [0.29, 0.717) is 24.4 Å². The Hall–Kier alpha value is -3.06. The first-order valence-corrected chi connectivity index (χ1v) is 9.45. The van der Waals surface area contributed by atoms with Gasteiger partial charge in [-0.3, -0.25) is 14.5 Å². The predicted molar refractivity (Wildman–Crippen MR) is 110 cm³/mol. The molecule has 1 aliphatic rings. The second kappa shape index (κ2) is 9.23. The molecule has 0 aliphatic carbocycles. The maximum atomic E-state index is 12.3. The highest BCUT2D eigenvalue weighted by Gasteiger charge is 2.21. The van der Waals surface area contributed by atoms with Gasteiger partial charge in [0.15, 0.2) is 0 Å². The Morgan fingerprint density at radius 3 is 2.36 bits per heavy atom. The Morgan fingerprint density at radius 1 is 1.04 bits per heavy atom. The second-order valence-corrected chi connectivity index (χ2v) is 6.65. The van der Waals surface area contributed by atoms with Gasteiger partial charge in [0.1, 0.15) is 5.75 Å². The fourth-order valence-electron chi connectivity index (χ4n) is 3.26. The molecular formula is C21H26N4O3. The number of hydrogen-bond donors (Lipinski definition) is 2. The molecule has 0 bridgehead atoms. The third-order valence-corrected chi connectivity index (χ3v) is 4.70. The molecule has 3 rings (SSSR count). The zero-order chi connectivity index (χ0) is 19.9. The number of nitrogens with zero attached hydrogens (tertiary/aromatic N) is 2. The topological polar surface area (TPSA) is 87.9 Å². The van der Waals surface area contributed by atoms with Gasteiger partial charge in [0, 0.05) is 37.4 Å². The van der Waals surface area contributed by atoms with E-state index in [1.807, 2.05) is 25.1 Å². The van der Waals surface area contributed by atoms with Crippen molar-refractivity contribution >= 4 is 23.2 Å². The van der Waals surface area contributed by atoms with Gasteiger partial charge in [-0.15, -0.1) is 0 Å². The fourth-order valence-corrected chi connectivity index (χ4v) is 3.26. The van der Waals surface area contributed by atoms with E-state index in [4.69, 9.17) is 10.5 Å². The molecule has 1 heterocycles. The Morgan fingerprint density at radius 2 is 1.71 bits per heavy atom. The normalized spacial score (nSPS) is 14.5. The number of primary amides is 1. The Kier molecular flexibility index (Phi) is 6.49.